The van der Waals surface area contributed by atoms with Crippen LogP contribution in [-0.4, -0.2) is 18.5 Å². The van der Waals surface area contributed by atoms with Gasteiger partial charge in [0, 0.05) is 6.42 Å². The number of carbonyl (C=O) groups is 2. The molecule has 0 saturated carbocycles. The molecule has 1 aromatic rings. The van der Waals surface area contributed by atoms with Crippen LogP contribution in [0.3, 0.4) is 0 Å². The summed E-state index contributed by atoms with van der Waals surface area (Å²) in [5.41, 5.74) is 0.988. The normalized spacial score (nSPS) is 11.7. The van der Waals surface area contributed by atoms with E-state index in [1.165, 1.54) is 38.5 Å². The van der Waals surface area contributed by atoms with Gasteiger partial charge >= 0.3 is 5.97 Å². The molecule has 0 amide bonds. The van der Waals surface area contributed by atoms with Crippen LogP contribution in [0.2, 0.25) is 0 Å². The largest absolute Gasteiger partial charge is 0.465 e. The quantitative estimate of drug-likeness (QED) is 0.219. The maximum atomic E-state index is 11.8. The molecular formula is C22H34O4. The van der Waals surface area contributed by atoms with Crippen molar-refractivity contribution in [3.8, 4) is 0 Å². The van der Waals surface area contributed by atoms with E-state index in [0.29, 0.717) is 25.9 Å². The van der Waals surface area contributed by atoms with E-state index in [2.05, 4.69) is 6.92 Å². The fourth-order valence-electron chi connectivity index (χ4n) is 2.97. The second-order valence-electron chi connectivity index (χ2n) is 6.80. The van der Waals surface area contributed by atoms with Crippen molar-refractivity contribution in [2.24, 2.45) is 0 Å². The fourth-order valence-corrected chi connectivity index (χ4v) is 2.97. The van der Waals surface area contributed by atoms with Gasteiger partial charge < -0.3 is 9.47 Å². The molecule has 0 spiro atoms. The maximum Gasteiger partial charge on any atom is 0.306 e. The molecule has 1 unspecified atom stereocenters. The number of ether oxygens (including phenoxy) is 2. The van der Waals surface area contributed by atoms with E-state index in [4.69, 9.17) is 9.47 Å². The first-order valence-corrected chi connectivity index (χ1v) is 10.0. The van der Waals surface area contributed by atoms with Gasteiger partial charge in [0.2, 0.25) is 0 Å². The van der Waals surface area contributed by atoms with Crippen LogP contribution in [0.4, 0.5) is 0 Å². The molecule has 0 bridgehead atoms. The summed E-state index contributed by atoms with van der Waals surface area (Å²) in [6.45, 7) is 3.06. The highest BCUT2D eigenvalue weighted by molar-refractivity contribution is 5.69. The third-order valence-corrected chi connectivity index (χ3v) is 4.53. The van der Waals surface area contributed by atoms with E-state index >= 15 is 0 Å². The van der Waals surface area contributed by atoms with Gasteiger partial charge in [0.25, 0.3) is 6.47 Å². The number of unbranched alkanes of at least 4 members (excludes halogenated alkanes) is 6. The molecule has 0 heterocycles. The third-order valence-electron chi connectivity index (χ3n) is 4.53. The lowest BCUT2D eigenvalue weighted by atomic mass is 10.0. The Hall–Kier alpha value is -1.84. The molecule has 0 aromatic heterocycles. The Kier molecular flexibility index (Phi) is 13.2. The number of carbonyl (C=O) groups excluding carboxylic acids is 2. The van der Waals surface area contributed by atoms with Gasteiger partial charge in [0.15, 0.2) is 0 Å². The predicted octanol–water partition coefficient (Wildman–Crippen LogP) is 5.58. The number of rotatable bonds is 16. The number of benzene rings is 1. The lowest BCUT2D eigenvalue weighted by molar-refractivity contribution is -0.145. The highest BCUT2D eigenvalue weighted by Crippen LogP contribution is 2.15. The first-order valence-electron chi connectivity index (χ1n) is 10.0. The second-order valence-corrected chi connectivity index (χ2v) is 6.80. The Balaban J connectivity index is 2.10. The Morgan fingerprint density at radius 3 is 2.31 bits per heavy atom. The van der Waals surface area contributed by atoms with E-state index in [1.54, 1.807) is 0 Å². The average Bonchev–Trinajstić information content (AvgIpc) is 2.66. The lowest BCUT2D eigenvalue weighted by Gasteiger charge is -2.14. The number of hydrogen-bond donors (Lipinski definition) is 0. The zero-order valence-corrected chi connectivity index (χ0v) is 16.2. The highest BCUT2D eigenvalue weighted by atomic mass is 16.5. The van der Waals surface area contributed by atoms with Crippen molar-refractivity contribution in [3.63, 3.8) is 0 Å². The molecular weight excluding hydrogens is 328 g/mol. The van der Waals surface area contributed by atoms with Gasteiger partial charge in [0.05, 0.1) is 0 Å². The molecule has 1 aromatic carbocycles. The van der Waals surface area contributed by atoms with E-state index in [1.807, 2.05) is 30.3 Å². The monoisotopic (exact) mass is 362 g/mol. The summed E-state index contributed by atoms with van der Waals surface area (Å²) in [6, 6.07) is 9.65. The van der Waals surface area contributed by atoms with E-state index in [9.17, 15) is 9.59 Å². The SMILES string of the molecule is CCCCCCCCCC(CCCC(=O)OCc1ccccc1)OC=O. The molecule has 146 valence electrons. The van der Waals surface area contributed by atoms with Crippen LogP contribution in [-0.2, 0) is 25.7 Å². The molecule has 0 saturated heterocycles. The lowest BCUT2D eigenvalue weighted by Crippen LogP contribution is -2.13. The Labute approximate surface area is 158 Å². The van der Waals surface area contributed by atoms with Crippen LogP contribution >= 0.6 is 0 Å². The minimum Gasteiger partial charge on any atom is -0.465 e. The van der Waals surface area contributed by atoms with Gasteiger partial charge in [-0.1, -0.05) is 75.8 Å². The van der Waals surface area contributed by atoms with Crippen molar-refractivity contribution in [3.05, 3.63) is 35.9 Å². The summed E-state index contributed by atoms with van der Waals surface area (Å²) in [4.78, 5) is 22.5. The first kappa shape index (κ1) is 22.2. The minimum atomic E-state index is -0.199. The Bertz CT molecular complexity index is 472. The zero-order valence-electron chi connectivity index (χ0n) is 16.2. The summed E-state index contributed by atoms with van der Waals surface area (Å²) in [5, 5.41) is 0. The molecule has 1 atom stereocenters. The standard InChI is InChI=1S/C22H34O4/c1-2-3-4-5-6-7-11-15-21(26-19-23)16-12-17-22(24)25-18-20-13-9-8-10-14-20/h8-10,13-14,19,21H,2-7,11-12,15-18H2,1H3. The zero-order chi connectivity index (χ0) is 18.9. The minimum absolute atomic E-state index is 0.0786. The van der Waals surface area contributed by atoms with Crippen LogP contribution in [0.15, 0.2) is 30.3 Å². The van der Waals surface area contributed by atoms with E-state index in [-0.39, 0.29) is 12.1 Å². The van der Waals surface area contributed by atoms with Crippen molar-refractivity contribution in [2.45, 2.75) is 90.3 Å². The van der Waals surface area contributed by atoms with Crippen LogP contribution < -0.4 is 0 Å². The van der Waals surface area contributed by atoms with Crippen LogP contribution in [0.1, 0.15) is 83.1 Å². The van der Waals surface area contributed by atoms with E-state index < -0.39 is 0 Å². The molecule has 0 radical (unpaired) electrons. The van der Waals surface area contributed by atoms with Gasteiger partial charge in [-0.25, -0.2) is 0 Å². The number of hydrogen-bond acceptors (Lipinski definition) is 4. The number of esters is 1. The van der Waals surface area contributed by atoms with Crippen molar-refractivity contribution < 1.29 is 19.1 Å². The average molecular weight is 363 g/mol. The Morgan fingerprint density at radius 2 is 1.62 bits per heavy atom. The first-order chi connectivity index (χ1) is 12.8. The molecule has 0 aliphatic carbocycles. The summed E-state index contributed by atoms with van der Waals surface area (Å²) in [6.07, 6.45) is 11.3. The topological polar surface area (TPSA) is 52.6 Å². The summed E-state index contributed by atoms with van der Waals surface area (Å²) in [5.74, 6) is -0.199. The van der Waals surface area contributed by atoms with Crippen LogP contribution in [0.5, 0.6) is 0 Å². The molecule has 0 aliphatic rings. The van der Waals surface area contributed by atoms with Gasteiger partial charge in [0.1, 0.15) is 12.7 Å². The van der Waals surface area contributed by atoms with Gasteiger partial charge in [-0.05, 0) is 31.2 Å². The van der Waals surface area contributed by atoms with Gasteiger partial charge in [-0.15, -0.1) is 0 Å². The van der Waals surface area contributed by atoms with Crippen molar-refractivity contribution in [2.75, 3.05) is 0 Å². The fraction of sp³-hybridized carbons (Fsp3) is 0.636. The smallest absolute Gasteiger partial charge is 0.306 e. The summed E-state index contributed by atoms with van der Waals surface area (Å²) >= 11 is 0. The van der Waals surface area contributed by atoms with Gasteiger partial charge in [-0.3, -0.25) is 9.59 Å². The van der Waals surface area contributed by atoms with Crippen molar-refractivity contribution in [1.82, 2.24) is 0 Å². The van der Waals surface area contributed by atoms with Crippen LogP contribution in [0.25, 0.3) is 0 Å². The highest BCUT2D eigenvalue weighted by Gasteiger charge is 2.11. The molecule has 4 nitrogen and oxygen atoms in total. The summed E-state index contributed by atoms with van der Waals surface area (Å²) in [7, 11) is 0. The molecule has 1 rings (SSSR count). The predicted molar refractivity (Wildman–Crippen MR) is 104 cm³/mol. The van der Waals surface area contributed by atoms with Crippen molar-refractivity contribution in [1.29, 1.82) is 0 Å². The maximum absolute atomic E-state index is 11.8. The van der Waals surface area contributed by atoms with Crippen LogP contribution in [0, 0.1) is 0 Å². The molecule has 0 aliphatic heterocycles. The van der Waals surface area contributed by atoms with Crippen molar-refractivity contribution >= 4 is 12.4 Å². The molecule has 4 heteroatoms. The Morgan fingerprint density at radius 1 is 0.962 bits per heavy atom. The third kappa shape index (κ3) is 11.7. The summed E-state index contributed by atoms with van der Waals surface area (Å²) < 4.78 is 10.4. The second kappa shape index (κ2) is 15.4. The molecule has 0 N–H and O–H groups in total. The molecule has 26 heavy (non-hydrogen) atoms. The van der Waals surface area contributed by atoms with E-state index in [0.717, 1.165) is 24.8 Å². The van der Waals surface area contributed by atoms with Gasteiger partial charge in [-0.2, -0.15) is 0 Å². The molecule has 0 fully saturated rings.